The molecule has 0 aliphatic carbocycles. The van der Waals surface area contributed by atoms with E-state index in [0.717, 1.165) is 18.5 Å². The van der Waals surface area contributed by atoms with Crippen LogP contribution in [0.2, 0.25) is 0 Å². The molecule has 2 bridgehead atoms. The van der Waals surface area contributed by atoms with Gasteiger partial charge in [0.15, 0.2) is 0 Å². The number of nitrogens with zero attached hydrogens (tertiary/aromatic N) is 1. The quantitative estimate of drug-likeness (QED) is 0.866. The summed E-state index contributed by atoms with van der Waals surface area (Å²) in [5, 5.41) is 3.75. The third-order valence-electron chi connectivity index (χ3n) is 3.99. The van der Waals surface area contributed by atoms with Gasteiger partial charge < -0.3 is 10.2 Å². The van der Waals surface area contributed by atoms with E-state index >= 15 is 0 Å². The first-order valence-corrected chi connectivity index (χ1v) is 7.14. The van der Waals surface area contributed by atoms with Crippen molar-refractivity contribution >= 4 is 11.3 Å². The number of rotatable bonds is 3. The normalized spacial score (nSPS) is 33.2. The van der Waals surface area contributed by atoms with Gasteiger partial charge in [0.1, 0.15) is 0 Å². The van der Waals surface area contributed by atoms with Gasteiger partial charge in [0.2, 0.25) is 0 Å². The van der Waals surface area contributed by atoms with Crippen molar-refractivity contribution in [2.75, 3.05) is 19.6 Å². The topological polar surface area (TPSA) is 15.3 Å². The molecule has 1 atom stereocenters. The van der Waals surface area contributed by atoms with Gasteiger partial charge in [-0.3, -0.25) is 0 Å². The van der Waals surface area contributed by atoms with Gasteiger partial charge in [-0.2, -0.15) is 0 Å². The van der Waals surface area contributed by atoms with E-state index in [4.69, 9.17) is 0 Å². The fourth-order valence-corrected chi connectivity index (χ4v) is 3.85. The van der Waals surface area contributed by atoms with Gasteiger partial charge in [-0.15, -0.1) is 11.3 Å². The molecule has 4 heterocycles. The minimum absolute atomic E-state index is 0.741. The Hall–Kier alpha value is -0.380. The summed E-state index contributed by atoms with van der Waals surface area (Å²) >= 11 is 1.92. The van der Waals surface area contributed by atoms with Crippen LogP contribution in [0.1, 0.15) is 22.6 Å². The smallest absolute Gasteiger partial charge is 0.0303 e. The predicted octanol–water partition coefficient (Wildman–Crippen LogP) is 2.24. The van der Waals surface area contributed by atoms with Crippen molar-refractivity contribution in [2.45, 2.75) is 32.4 Å². The Kier molecular flexibility index (Phi) is 3.01. The van der Waals surface area contributed by atoms with E-state index in [9.17, 15) is 0 Å². The molecule has 0 radical (unpaired) electrons. The molecule has 3 aliphatic heterocycles. The molecule has 1 aromatic heterocycles. The summed E-state index contributed by atoms with van der Waals surface area (Å²) in [7, 11) is 0. The summed E-state index contributed by atoms with van der Waals surface area (Å²) in [5.41, 5.74) is 0. The van der Waals surface area contributed by atoms with Gasteiger partial charge in [-0.1, -0.05) is 0 Å². The first-order chi connectivity index (χ1) is 7.81. The second-order valence-electron chi connectivity index (χ2n) is 5.14. The van der Waals surface area contributed by atoms with E-state index < -0.39 is 0 Å². The van der Waals surface area contributed by atoms with Crippen molar-refractivity contribution in [3.05, 3.63) is 21.9 Å². The lowest BCUT2D eigenvalue weighted by molar-refractivity contribution is 0.0721. The van der Waals surface area contributed by atoms with Crippen LogP contribution in [0.5, 0.6) is 0 Å². The molecule has 16 heavy (non-hydrogen) atoms. The van der Waals surface area contributed by atoms with Gasteiger partial charge in [-0.25, -0.2) is 0 Å². The molecule has 0 spiro atoms. The molecule has 3 aliphatic rings. The first-order valence-electron chi connectivity index (χ1n) is 6.32. The van der Waals surface area contributed by atoms with Crippen LogP contribution >= 0.6 is 11.3 Å². The zero-order valence-electron chi connectivity index (χ0n) is 9.91. The zero-order valence-corrected chi connectivity index (χ0v) is 10.7. The van der Waals surface area contributed by atoms with E-state index in [1.807, 2.05) is 11.3 Å². The lowest BCUT2D eigenvalue weighted by Gasteiger charge is -2.45. The number of thiophene rings is 1. The Labute approximate surface area is 102 Å². The third kappa shape index (κ3) is 2.17. The summed E-state index contributed by atoms with van der Waals surface area (Å²) in [6.45, 7) is 7.19. The summed E-state index contributed by atoms with van der Waals surface area (Å²) < 4.78 is 0. The molecule has 0 saturated carbocycles. The SMILES string of the molecule is Cc1ccc(CNC2CN3CCC2CC3)s1. The van der Waals surface area contributed by atoms with Crippen molar-refractivity contribution in [2.24, 2.45) is 5.92 Å². The fourth-order valence-electron chi connectivity index (χ4n) is 3.01. The maximum Gasteiger partial charge on any atom is 0.0303 e. The Morgan fingerprint density at radius 1 is 1.38 bits per heavy atom. The van der Waals surface area contributed by atoms with Gasteiger partial charge in [0.05, 0.1) is 0 Å². The molecule has 1 N–H and O–H groups in total. The van der Waals surface area contributed by atoms with E-state index in [0.29, 0.717) is 0 Å². The van der Waals surface area contributed by atoms with Crippen molar-refractivity contribution in [3.63, 3.8) is 0 Å². The molecule has 1 aromatic rings. The lowest BCUT2D eigenvalue weighted by Crippen LogP contribution is -2.55. The molecule has 1 unspecified atom stereocenters. The molecule has 3 saturated heterocycles. The average Bonchev–Trinajstić information content (AvgIpc) is 2.74. The molecular formula is C13H20N2S. The Bertz CT molecular complexity index is 353. The number of fused-ring (bicyclic) bond motifs is 3. The highest BCUT2D eigenvalue weighted by Gasteiger charge is 2.33. The van der Waals surface area contributed by atoms with E-state index in [2.05, 4.69) is 29.3 Å². The van der Waals surface area contributed by atoms with Crippen LogP contribution in [0, 0.1) is 12.8 Å². The minimum Gasteiger partial charge on any atom is -0.308 e. The van der Waals surface area contributed by atoms with Crippen LogP contribution in [-0.4, -0.2) is 30.6 Å². The highest BCUT2D eigenvalue weighted by atomic mass is 32.1. The first kappa shape index (κ1) is 10.8. The van der Waals surface area contributed by atoms with Gasteiger partial charge in [0.25, 0.3) is 0 Å². The summed E-state index contributed by atoms with van der Waals surface area (Å²) in [6.07, 6.45) is 2.81. The Balaban J connectivity index is 1.55. The number of nitrogens with one attached hydrogen (secondary N) is 1. The number of hydrogen-bond acceptors (Lipinski definition) is 3. The Morgan fingerprint density at radius 3 is 2.75 bits per heavy atom. The van der Waals surface area contributed by atoms with E-state index in [1.165, 1.54) is 42.2 Å². The number of hydrogen-bond donors (Lipinski definition) is 1. The van der Waals surface area contributed by atoms with E-state index in [1.54, 1.807) is 0 Å². The molecule has 88 valence electrons. The van der Waals surface area contributed by atoms with Crippen molar-refractivity contribution < 1.29 is 0 Å². The second kappa shape index (κ2) is 4.47. The van der Waals surface area contributed by atoms with Gasteiger partial charge >= 0.3 is 0 Å². The lowest BCUT2D eigenvalue weighted by atomic mass is 9.84. The van der Waals surface area contributed by atoms with E-state index in [-0.39, 0.29) is 0 Å². The van der Waals surface area contributed by atoms with Crippen molar-refractivity contribution in [1.82, 2.24) is 10.2 Å². The number of piperidine rings is 3. The van der Waals surface area contributed by atoms with Crippen LogP contribution in [0.3, 0.4) is 0 Å². The van der Waals surface area contributed by atoms with Crippen LogP contribution < -0.4 is 5.32 Å². The van der Waals surface area contributed by atoms with Crippen LogP contribution in [0.15, 0.2) is 12.1 Å². The van der Waals surface area contributed by atoms with Crippen molar-refractivity contribution in [1.29, 1.82) is 0 Å². The second-order valence-corrected chi connectivity index (χ2v) is 6.51. The summed E-state index contributed by atoms with van der Waals surface area (Å²) in [6, 6.07) is 5.22. The largest absolute Gasteiger partial charge is 0.308 e. The molecule has 3 fully saturated rings. The molecule has 3 heteroatoms. The highest BCUT2D eigenvalue weighted by molar-refractivity contribution is 7.11. The third-order valence-corrected chi connectivity index (χ3v) is 4.99. The van der Waals surface area contributed by atoms with Gasteiger partial charge in [0, 0.05) is 28.9 Å². The zero-order chi connectivity index (χ0) is 11.0. The summed E-state index contributed by atoms with van der Waals surface area (Å²) in [5.74, 6) is 0.936. The molecule has 2 nitrogen and oxygen atoms in total. The predicted molar refractivity (Wildman–Crippen MR) is 68.8 cm³/mol. The summed E-state index contributed by atoms with van der Waals surface area (Å²) in [4.78, 5) is 5.51. The highest BCUT2D eigenvalue weighted by Crippen LogP contribution is 2.27. The molecule has 4 rings (SSSR count). The van der Waals surface area contributed by atoms with Crippen molar-refractivity contribution in [3.8, 4) is 0 Å². The Morgan fingerprint density at radius 2 is 2.19 bits per heavy atom. The molecule has 0 amide bonds. The number of aryl methyl sites for hydroxylation is 1. The standard InChI is InChI=1S/C13H20N2S/c1-10-2-3-12(16-10)8-14-13-9-15-6-4-11(13)5-7-15/h2-3,11,13-14H,4-9H2,1H3. The van der Waals surface area contributed by atoms with Crippen LogP contribution in [-0.2, 0) is 6.54 Å². The van der Waals surface area contributed by atoms with Crippen LogP contribution in [0.25, 0.3) is 0 Å². The average molecular weight is 236 g/mol. The maximum absolute atomic E-state index is 3.75. The molecule has 0 aromatic carbocycles. The fraction of sp³-hybridized carbons (Fsp3) is 0.692. The van der Waals surface area contributed by atoms with Crippen LogP contribution in [0.4, 0.5) is 0 Å². The van der Waals surface area contributed by atoms with Gasteiger partial charge in [-0.05, 0) is 50.9 Å². The maximum atomic E-state index is 3.75. The minimum atomic E-state index is 0.741. The monoisotopic (exact) mass is 236 g/mol. The molecular weight excluding hydrogens is 216 g/mol.